The molecule has 6 heteroatoms. The molecule has 72 valence electrons. The van der Waals surface area contributed by atoms with E-state index in [1.807, 2.05) is 6.92 Å². The Morgan fingerprint density at radius 2 is 2.62 bits per heavy atom. The van der Waals surface area contributed by atoms with Crippen LogP contribution in [0.2, 0.25) is 0 Å². The van der Waals surface area contributed by atoms with Crippen molar-refractivity contribution in [2.75, 3.05) is 6.54 Å². The van der Waals surface area contributed by atoms with Gasteiger partial charge in [-0.05, 0) is 18.0 Å². The molecule has 0 spiro atoms. The first-order chi connectivity index (χ1) is 6.24. The number of nitrogens with zero attached hydrogens (tertiary/aromatic N) is 2. The highest BCUT2D eigenvalue weighted by Crippen LogP contribution is 2.00. The highest BCUT2D eigenvalue weighted by atomic mass is 32.1. The number of amides is 1. The molecule has 13 heavy (non-hydrogen) atoms. The largest absolute Gasteiger partial charge is 0.350 e. The van der Waals surface area contributed by atoms with Crippen molar-refractivity contribution in [1.82, 2.24) is 14.9 Å². The Morgan fingerprint density at radius 3 is 3.15 bits per heavy atom. The molecule has 1 unspecified atom stereocenters. The smallest absolute Gasteiger partial charge is 0.264 e. The average molecular weight is 200 g/mol. The number of aromatic nitrogens is 2. The van der Waals surface area contributed by atoms with Gasteiger partial charge in [0.15, 0.2) is 0 Å². The molecule has 1 aromatic rings. The van der Waals surface area contributed by atoms with Gasteiger partial charge < -0.3 is 11.1 Å². The molecular weight excluding hydrogens is 188 g/mol. The van der Waals surface area contributed by atoms with Crippen LogP contribution in [0.4, 0.5) is 0 Å². The molecule has 5 nitrogen and oxygen atoms in total. The van der Waals surface area contributed by atoms with Crippen LogP contribution in [-0.4, -0.2) is 28.1 Å². The predicted molar refractivity (Wildman–Crippen MR) is 50.5 cm³/mol. The van der Waals surface area contributed by atoms with Gasteiger partial charge in [-0.2, -0.15) is 0 Å². The molecular formula is C7H12N4OS. The standard InChI is InChI=1S/C7H12N4OS/c1-2-5(8)3-9-7(12)6-4-10-11-13-6/h4-5H,2-3,8H2,1H3,(H,9,12). The number of hydrogen-bond acceptors (Lipinski definition) is 5. The lowest BCUT2D eigenvalue weighted by Gasteiger charge is -2.08. The summed E-state index contributed by atoms with van der Waals surface area (Å²) in [4.78, 5) is 11.8. The van der Waals surface area contributed by atoms with Crippen molar-refractivity contribution in [2.24, 2.45) is 5.73 Å². The van der Waals surface area contributed by atoms with Crippen LogP contribution in [0.5, 0.6) is 0 Å². The summed E-state index contributed by atoms with van der Waals surface area (Å²) in [5, 5.41) is 6.27. The normalized spacial score (nSPS) is 12.5. The minimum atomic E-state index is -0.154. The van der Waals surface area contributed by atoms with Gasteiger partial charge in [0, 0.05) is 12.6 Å². The number of carbonyl (C=O) groups is 1. The van der Waals surface area contributed by atoms with Crippen LogP contribution in [0.25, 0.3) is 0 Å². The Labute approximate surface area is 80.5 Å². The van der Waals surface area contributed by atoms with Gasteiger partial charge in [0.2, 0.25) is 0 Å². The van der Waals surface area contributed by atoms with Crippen LogP contribution in [0.1, 0.15) is 23.0 Å². The third-order valence-electron chi connectivity index (χ3n) is 1.63. The van der Waals surface area contributed by atoms with Crippen molar-refractivity contribution in [1.29, 1.82) is 0 Å². The summed E-state index contributed by atoms with van der Waals surface area (Å²) in [7, 11) is 0. The van der Waals surface area contributed by atoms with E-state index < -0.39 is 0 Å². The third kappa shape index (κ3) is 3.08. The second kappa shape index (κ2) is 4.88. The van der Waals surface area contributed by atoms with Crippen molar-refractivity contribution in [3.63, 3.8) is 0 Å². The minimum Gasteiger partial charge on any atom is -0.350 e. The van der Waals surface area contributed by atoms with Gasteiger partial charge in [0.25, 0.3) is 5.91 Å². The molecule has 0 saturated heterocycles. The number of hydrogen-bond donors (Lipinski definition) is 2. The van der Waals surface area contributed by atoms with Crippen molar-refractivity contribution >= 4 is 17.4 Å². The molecule has 1 aromatic heterocycles. The van der Waals surface area contributed by atoms with Gasteiger partial charge in [-0.3, -0.25) is 4.79 Å². The molecule has 0 aliphatic rings. The second-order valence-electron chi connectivity index (χ2n) is 2.66. The zero-order chi connectivity index (χ0) is 9.68. The quantitative estimate of drug-likeness (QED) is 0.717. The number of carbonyl (C=O) groups excluding carboxylic acids is 1. The maximum absolute atomic E-state index is 11.3. The molecule has 0 aliphatic carbocycles. The van der Waals surface area contributed by atoms with E-state index in [1.165, 1.54) is 6.20 Å². The molecule has 0 saturated carbocycles. The maximum atomic E-state index is 11.3. The molecule has 0 aliphatic heterocycles. The van der Waals surface area contributed by atoms with E-state index >= 15 is 0 Å². The summed E-state index contributed by atoms with van der Waals surface area (Å²) in [5.74, 6) is -0.154. The van der Waals surface area contributed by atoms with Crippen molar-refractivity contribution in [3.05, 3.63) is 11.1 Å². The first-order valence-electron chi connectivity index (χ1n) is 4.05. The van der Waals surface area contributed by atoms with Crippen LogP contribution in [0, 0.1) is 0 Å². The summed E-state index contributed by atoms with van der Waals surface area (Å²) >= 11 is 1.08. The van der Waals surface area contributed by atoms with E-state index in [-0.39, 0.29) is 11.9 Å². The second-order valence-corrected chi connectivity index (χ2v) is 3.45. The van der Waals surface area contributed by atoms with Gasteiger partial charge in [0.05, 0.1) is 6.20 Å². The van der Waals surface area contributed by atoms with Crippen LogP contribution in [-0.2, 0) is 0 Å². The molecule has 1 rings (SSSR count). The topological polar surface area (TPSA) is 80.9 Å². The Balaban J connectivity index is 2.35. The molecule has 3 N–H and O–H groups in total. The summed E-state index contributed by atoms with van der Waals surface area (Å²) in [6, 6.07) is 0.0184. The Hall–Kier alpha value is -1.01. The van der Waals surface area contributed by atoms with E-state index in [0.717, 1.165) is 18.0 Å². The molecule has 1 heterocycles. The summed E-state index contributed by atoms with van der Waals surface area (Å²) < 4.78 is 3.59. The number of rotatable bonds is 4. The summed E-state index contributed by atoms with van der Waals surface area (Å²) in [5.41, 5.74) is 5.63. The number of nitrogens with one attached hydrogen (secondary N) is 1. The fraction of sp³-hybridized carbons (Fsp3) is 0.571. The van der Waals surface area contributed by atoms with E-state index in [2.05, 4.69) is 14.9 Å². The molecule has 0 fully saturated rings. The number of nitrogens with two attached hydrogens (primary N) is 1. The van der Waals surface area contributed by atoms with E-state index in [4.69, 9.17) is 5.73 Å². The highest BCUT2D eigenvalue weighted by molar-refractivity contribution is 7.07. The van der Waals surface area contributed by atoms with Gasteiger partial charge in [-0.25, -0.2) is 0 Å². The molecule has 0 aromatic carbocycles. The lowest BCUT2D eigenvalue weighted by molar-refractivity contribution is 0.0955. The Bertz CT molecular complexity index is 261. The maximum Gasteiger partial charge on any atom is 0.264 e. The van der Waals surface area contributed by atoms with Crippen LogP contribution >= 0.6 is 11.5 Å². The molecule has 0 bridgehead atoms. The van der Waals surface area contributed by atoms with Gasteiger partial charge >= 0.3 is 0 Å². The zero-order valence-corrected chi connectivity index (χ0v) is 8.17. The van der Waals surface area contributed by atoms with Crippen molar-refractivity contribution in [3.8, 4) is 0 Å². The Kier molecular flexibility index (Phi) is 3.78. The fourth-order valence-electron chi connectivity index (χ4n) is 0.722. The highest BCUT2D eigenvalue weighted by Gasteiger charge is 2.08. The zero-order valence-electron chi connectivity index (χ0n) is 7.36. The average Bonchev–Trinajstić information content (AvgIpc) is 2.66. The molecule has 1 amide bonds. The lowest BCUT2D eigenvalue weighted by atomic mass is 10.2. The van der Waals surface area contributed by atoms with E-state index in [0.29, 0.717) is 11.4 Å². The van der Waals surface area contributed by atoms with Gasteiger partial charge in [-0.1, -0.05) is 11.4 Å². The SMILES string of the molecule is CCC(N)CNC(=O)c1cnns1. The molecule has 0 radical (unpaired) electrons. The van der Waals surface area contributed by atoms with E-state index in [9.17, 15) is 4.79 Å². The first kappa shape index (κ1) is 10.1. The minimum absolute atomic E-state index is 0.0184. The lowest BCUT2D eigenvalue weighted by Crippen LogP contribution is -2.36. The predicted octanol–water partition coefficient (Wildman–Crippen LogP) is 0.00520. The summed E-state index contributed by atoms with van der Waals surface area (Å²) in [6.45, 7) is 2.47. The monoisotopic (exact) mass is 200 g/mol. The van der Waals surface area contributed by atoms with Crippen molar-refractivity contribution < 1.29 is 4.79 Å². The van der Waals surface area contributed by atoms with Gasteiger partial charge in [0.1, 0.15) is 4.88 Å². The van der Waals surface area contributed by atoms with Crippen molar-refractivity contribution in [2.45, 2.75) is 19.4 Å². The fourth-order valence-corrected chi connectivity index (χ4v) is 1.15. The van der Waals surface area contributed by atoms with Crippen LogP contribution in [0.15, 0.2) is 6.20 Å². The van der Waals surface area contributed by atoms with Gasteiger partial charge in [-0.15, -0.1) is 5.10 Å². The molecule has 1 atom stereocenters. The third-order valence-corrected chi connectivity index (χ3v) is 2.30. The Morgan fingerprint density at radius 1 is 1.85 bits per heavy atom. The van der Waals surface area contributed by atoms with E-state index in [1.54, 1.807) is 0 Å². The van der Waals surface area contributed by atoms with Crippen LogP contribution < -0.4 is 11.1 Å². The first-order valence-corrected chi connectivity index (χ1v) is 4.82. The van der Waals surface area contributed by atoms with Crippen LogP contribution in [0.3, 0.4) is 0 Å². The summed E-state index contributed by atoms with van der Waals surface area (Å²) in [6.07, 6.45) is 2.29.